The van der Waals surface area contributed by atoms with Crippen LogP contribution in [0.3, 0.4) is 0 Å². The maximum atomic E-state index is 12.2. The van der Waals surface area contributed by atoms with Gasteiger partial charge in [0.15, 0.2) is 0 Å². The van der Waals surface area contributed by atoms with Crippen molar-refractivity contribution in [3.63, 3.8) is 0 Å². The highest BCUT2D eigenvalue weighted by Crippen LogP contribution is 2.27. The van der Waals surface area contributed by atoms with Gasteiger partial charge in [0.1, 0.15) is 5.75 Å². The predicted molar refractivity (Wildman–Crippen MR) is 102 cm³/mol. The van der Waals surface area contributed by atoms with Crippen molar-refractivity contribution in [2.45, 2.75) is 25.8 Å². The van der Waals surface area contributed by atoms with Crippen molar-refractivity contribution >= 4 is 29.3 Å². The van der Waals surface area contributed by atoms with Crippen LogP contribution in [0.25, 0.3) is 0 Å². The van der Waals surface area contributed by atoms with Crippen LogP contribution < -0.4 is 20.3 Å². The van der Waals surface area contributed by atoms with Crippen molar-refractivity contribution in [2.24, 2.45) is 0 Å². The van der Waals surface area contributed by atoms with E-state index >= 15 is 0 Å². The van der Waals surface area contributed by atoms with E-state index in [4.69, 9.17) is 16.3 Å². The van der Waals surface area contributed by atoms with Gasteiger partial charge in [-0.15, -0.1) is 0 Å². The predicted octanol–water partition coefficient (Wildman–Crippen LogP) is 3.45. The summed E-state index contributed by atoms with van der Waals surface area (Å²) in [5, 5.41) is 6.04. The van der Waals surface area contributed by atoms with E-state index < -0.39 is 0 Å². The van der Waals surface area contributed by atoms with Crippen molar-refractivity contribution in [3.05, 3.63) is 41.2 Å². The molecule has 2 aromatic rings. The van der Waals surface area contributed by atoms with Gasteiger partial charge in [-0.25, -0.2) is 14.8 Å². The maximum Gasteiger partial charge on any atom is 0.319 e. The molecular formula is C18H22ClN5O2. The summed E-state index contributed by atoms with van der Waals surface area (Å²) in [6.07, 6.45) is 5.31. The normalized spacial score (nSPS) is 14.0. The fraction of sp³-hybridized carbons (Fsp3) is 0.389. The molecule has 138 valence electrons. The van der Waals surface area contributed by atoms with Crippen LogP contribution in [0.15, 0.2) is 30.5 Å². The molecule has 2 N–H and O–H groups in total. The third kappa shape index (κ3) is 4.76. The summed E-state index contributed by atoms with van der Waals surface area (Å²) in [7, 11) is 1.54. The number of hydrogen-bond acceptors (Lipinski definition) is 5. The Hall–Kier alpha value is -2.54. The molecule has 8 heteroatoms. The van der Waals surface area contributed by atoms with Gasteiger partial charge in [0.25, 0.3) is 0 Å². The van der Waals surface area contributed by atoms with E-state index in [9.17, 15) is 4.79 Å². The van der Waals surface area contributed by atoms with Crippen LogP contribution in [-0.4, -0.2) is 36.2 Å². The fourth-order valence-electron chi connectivity index (χ4n) is 2.84. The van der Waals surface area contributed by atoms with Gasteiger partial charge in [-0.1, -0.05) is 11.6 Å². The van der Waals surface area contributed by atoms with Crippen molar-refractivity contribution in [3.8, 4) is 5.75 Å². The molecule has 26 heavy (non-hydrogen) atoms. The number of methoxy groups -OCH3 is 1. The smallest absolute Gasteiger partial charge is 0.319 e. The van der Waals surface area contributed by atoms with Gasteiger partial charge in [-0.05, 0) is 43.5 Å². The first kappa shape index (κ1) is 18.3. The number of hydrogen-bond donors (Lipinski definition) is 2. The van der Waals surface area contributed by atoms with Crippen LogP contribution in [0, 0.1) is 0 Å². The zero-order chi connectivity index (χ0) is 18.4. The van der Waals surface area contributed by atoms with Crippen molar-refractivity contribution in [1.29, 1.82) is 0 Å². The molecule has 1 aromatic carbocycles. The van der Waals surface area contributed by atoms with Crippen LogP contribution in [-0.2, 0) is 6.54 Å². The number of nitrogens with zero attached hydrogens (tertiary/aromatic N) is 3. The highest BCUT2D eigenvalue weighted by molar-refractivity contribution is 6.31. The van der Waals surface area contributed by atoms with E-state index in [0.717, 1.165) is 37.6 Å². The lowest BCUT2D eigenvalue weighted by Crippen LogP contribution is -2.32. The Labute approximate surface area is 157 Å². The molecule has 1 aromatic heterocycles. The Morgan fingerprint density at radius 3 is 2.85 bits per heavy atom. The van der Waals surface area contributed by atoms with E-state index in [1.807, 2.05) is 0 Å². The lowest BCUT2D eigenvalue weighted by molar-refractivity contribution is 0.251. The number of rotatable bonds is 5. The molecule has 1 aliphatic rings. The van der Waals surface area contributed by atoms with Crippen molar-refractivity contribution in [2.75, 3.05) is 30.4 Å². The molecule has 0 bridgehead atoms. The second-order valence-electron chi connectivity index (χ2n) is 6.05. The zero-order valence-electron chi connectivity index (χ0n) is 14.7. The van der Waals surface area contributed by atoms with Gasteiger partial charge < -0.3 is 20.3 Å². The van der Waals surface area contributed by atoms with Gasteiger partial charge in [0, 0.05) is 24.3 Å². The van der Waals surface area contributed by atoms with Crippen LogP contribution in [0.2, 0.25) is 5.02 Å². The number of carbonyl (C=O) groups is 1. The van der Waals surface area contributed by atoms with Gasteiger partial charge in [0.2, 0.25) is 5.95 Å². The van der Waals surface area contributed by atoms with E-state index in [1.165, 1.54) is 13.5 Å². The summed E-state index contributed by atoms with van der Waals surface area (Å²) in [5.74, 6) is 1.26. The minimum atomic E-state index is -0.358. The first-order valence-electron chi connectivity index (χ1n) is 8.61. The summed E-state index contributed by atoms with van der Waals surface area (Å²) < 4.78 is 5.22. The topological polar surface area (TPSA) is 79.4 Å². The number of amides is 2. The van der Waals surface area contributed by atoms with E-state index in [-0.39, 0.29) is 6.03 Å². The molecule has 0 unspecified atom stereocenters. The van der Waals surface area contributed by atoms with Crippen molar-refractivity contribution < 1.29 is 9.53 Å². The first-order chi connectivity index (χ1) is 12.7. The number of nitrogens with one attached hydrogen (secondary N) is 2. The van der Waals surface area contributed by atoms with Crippen LogP contribution in [0.4, 0.5) is 16.4 Å². The van der Waals surface area contributed by atoms with Crippen LogP contribution in [0.1, 0.15) is 25.0 Å². The van der Waals surface area contributed by atoms with Gasteiger partial charge in [-0.3, -0.25) is 0 Å². The summed E-state index contributed by atoms with van der Waals surface area (Å²) in [4.78, 5) is 23.3. The average molecular weight is 376 g/mol. The minimum Gasteiger partial charge on any atom is -0.495 e. The number of anilines is 2. The van der Waals surface area contributed by atoms with E-state index in [0.29, 0.717) is 23.0 Å². The number of benzene rings is 1. The molecule has 0 saturated carbocycles. The molecule has 3 rings (SSSR count). The number of piperidine rings is 1. The summed E-state index contributed by atoms with van der Waals surface area (Å²) in [6, 6.07) is 6.48. The molecule has 0 spiro atoms. The van der Waals surface area contributed by atoms with Gasteiger partial charge in [0.05, 0.1) is 25.0 Å². The third-order valence-electron chi connectivity index (χ3n) is 4.18. The van der Waals surface area contributed by atoms with Crippen LogP contribution >= 0.6 is 11.6 Å². The molecule has 0 atom stereocenters. The Kier molecular flexibility index (Phi) is 6.12. The molecule has 0 radical (unpaired) electrons. The SMILES string of the molecule is COc1ccc(Cl)cc1NC(=O)NCc1ccnc(N2CCCCC2)n1. The minimum absolute atomic E-state index is 0.304. The highest BCUT2D eigenvalue weighted by Gasteiger charge is 2.14. The number of urea groups is 1. The molecule has 1 fully saturated rings. The lowest BCUT2D eigenvalue weighted by atomic mass is 10.1. The summed E-state index contributed by atoms with van der Waals surface area (Å²) >= 11 is 5.97. The van der Waals surface area contributed by atoms with E-state index in [1.54, 1.807) is 30.5 Å². The van der Waals surface area contributed by atoms with Crippen molar-refractivity contribution in [1.82, 2.24) is 15.3 Å². The number of carbonyl (C=O) groups excluding carboxylic acids is 1. The lowest BCUT2D eigenvalue weighted by Gasteiger charge is -2.26. The maximum absolute atomic E-state index is 12.2. The largest absolute Gasteiger partial charge is 0.495 e. The summed E-state index contributed by atoms with van der Waals surface area (Å²) in [6.45, 7) is 2.26. The number of halogens is 1. The molecule has 2 amide bonds. The standard InChI is InChI=1S/C18H22ClN5O2/c1-26-16-6-5-13(19)11-15(16)23-18(25)21-12-14-7-8-20-17(22-14)24-9-3-2-4-10-24/h5-8,11H,2-4,9-10,12H2,1H3,(H2,21,23,25). The molecule has 7 nitrogen and oxygen atoms in total. The quantitative estimate of drug-likeness (QED) is 0.836. The van der Waals surface area contributed by atoms with Gasteiger partial charge in [-0.2, -0.15) is 0 Å². The number of ether oxygens (including phenoxy) is 1. The molecule has 0 aliphatic carbocycles. The molecule has 1 aliphatic heterocycles. The Bertz CT molecular complexity index is 765. The monoisotopic (exact) mass is 375 g/mol. The Morgan fingerprint density at radius 2 is 2.08 bits per heavy atom. The van der Waals surface area contributed by atoms with Gasteiger partial charge >= 0.3 is 6.03 Å². The Morgan fingerprint density at radius 1 is 1.27 bits per heavy atom. The third-order valence-corrected chi connectivity index (χ3v) is 4.41. The number of aromatic nitrogens is 2. The first-order valence-corrected chi connectivity index (χ1v) is 8.99. The summed E-state index contributed by atoms with van der Waals surface area (Å²) in [5.41, 5.74) is 1.27. The second-order valence-corrected chi connectivity index (χ2v) is 6.48. The highest BCUT2D eigenvalue weighted by atomic mass is 35.5. The molecular weight excluding hydrogens is 354 g/mol. The molecule has 1 saturated heterocycles. The van der Waals surface area contributed by atoms with Crippen LogP contribution in [0.5, 0.6) is 5.75 Å². The second kappa shape index (κ2) is 8.71. The van der Waals surface area contributed by atoms with E-state index in [2.05, 4.69) is 25.5 Å². The zero-order valence-corrected chi connectivity index (χ0v) is 15.4. The molecule has 2 heterocycles. The fourth-order valence-corrected chi connectivity index (χ4v) is 3.02. The Balaban J connectivity index is 1.58. The average Bonchev–Trinajstić information content (AvgIpc) is 2.67.